The first-order valence-electron chi connectivity index (χ1n) is 6.48. The van der Waals surface area contributed by atoms with Crippen LogP contribution in [0.5, 0.6) is 0 Å². The van der Waals surface area contributed by atoms with Gasteiger partial charge in [-0.3, -0.25) is 14.5 Å². The van der Waals surface area contributed by atoms with Gasteiger partial charge in [0.05, 0.1) is 6.54 Å². The summed E-state index contributed by atoms with van der Waals surface area (Å²) in [6.07, 6.45) is 2.48. The molecule has 1 fully saturated rings. The fourth-order valence-corrected chi connectivity index (χ4v) is 2.37. The number of nitrogens with zero attached hydrogens (tertiary/aromatic N) is 1. The number of carboxylic acid groups (broad SMARTS) is 1. The number of para-hydroxylation sites is 1. The first-order valence-corrected chi connectivity index (χ1v) is 6.48. The maximum absolute atomic E-state index is 11.9. The monoisotopic (exact) mass is 262 g/mol. The number of piperidine rings is 1. The number of carboxylic acids is 1. The van der Waals surface area contributed by atoms with E-state index in [1.807, 2.05) is 30.3 Å². The van der Waals surface area contributed by atoms with Gasteiger partial charge < -0.3 is 10.4 Å². The normalized spacial score (nSPS) is 19.9. The number of likely N-dealkylation sites (tertiary alicyclic amines) is 1. The van der Waals surface area contributed by atoms with Gasteiger partial charge >= 0.3 is 5.97 Å². The zero-order valence-electron chi connectivity index (χ0n) is 10.7. The van der Waals surface area contributed by atoms with Crippen LogP contribution in [-0.4, -0.2) is 41.0 Å². The van der Waals surface area contributed by atoms with Crippen molar-refractivity contribution in [3.05, 3.63) is 30.3 Å². The Morgan fingerprint density at radius 2 is 2.00 bits per heavy atom. The van der Waals surface area contributed by atoms with Gasteiger partial charge in [-0.25, -0.2) is 0 Å². The molecular formula is C14H18N2O3. The molecule has 2 rings (SSSR count). The van der Waals surface area contributed by atoms with Crippen molar-refractivity contribution in [2.75, 3.05) is 18.4 Å². The number of anilines is 1. The summed E-state index contributed by atoms with van der Waals surface area (Å²) in [4.78, 5) is 24.8. The molecule has 1 saturated heterocycles. The largest absolute Gasteiger partial charge is 0.480 e. The molecule has 0 aliphatic carbocycles. The van der Waals surface area contributed by atoms with E-state index in [4.69, 9.17) is 5.11 Å². The number of carbonyl (C=O) groups is 2. The first-order chi connectivity index (χ1) is 9.16. The molecule has 19 heavy (non-hydrogen) atoms. The zero-order chi connectivity index (χ0) is 13.7. The molecule has 1 heterocycles. The second-order valence-corrected chi connectivity index (χ2v) is 4.73. The Balaban J connectivity index is 1.92. The predicted octanol–water partition coefficient (Wildman–Crippen LogP) is 1.56. The van der Waals surface area contributed by atoms with Crippen molar-refractivity contribution in [3.8, 4) is 0 Å². The van der Waals surface area contributed by atoms with Crippen LogP contribution in [0.1, 0.15) is 19.3 Å². The van der Waals surface area contributed by atoms with Crippen LogP contribution < -0.4 is 5.32 Å². The topological polar surface area (TPSA) is 69.6 Å². The third-order valence-electron chi connectivity index (χ3n) is 3.30. The molecular weight excluding hydrogens is 244 g/mol. The van der Waals surface area contributed by atoms with E-state index < -0.39 is 12.0 Å². The van der Waals surface area contributed by atoms with Crippen LogP contribution in [0.3, 0.4) is 0 Å². The summed E-state index contributed by atoms with van der Waals surface area (Å²) in [5.41, 5.74) is 0.733. The summed E-state index contributed by atoms with van der Waals surface area (Å²) in [5, 5.41) is 11.9. The van der Waals surface area contributed by atoms with Gasteiger partial charge in [0, 0.05) is 5.69 Å². The number of hydrogen-bond acceptors (Lipinski definition) is 3. The van der Waals surface area contributed by atoms with E-state index in [0.717, 1.165) is 18.5 Å². The lowest BCUT2D eigenvalue weighted by Crippen LogP contribution is -2.47. The van der Waals surface area contributed by atoms with Gasteiger partial charge in [0.2, 0.25) is 5.91 Å². The second kappa shape index (κ2) is 6.33. The van der Waals surface area contributed by atoms with Gasteiger partial charge in [-0.05, 0) is 31.5 Å². The number of amides is 1. The Morgan fingerprint density at radius 1 is 1.26 bits per heavy atom. The van der Waals surface area contributed by atoms with Gasteiger partial charge in [-0.2, -0.15) is 0 Å². The Morgan fingerprint density at radius 3 is 2.68 bits per heavy atom. The highest BCUT2D eigenvalue weighted by molar-refractivity contribution is 5.92. The molecule has 0 aromatic heterocycles. The Labute approximate surface area is 112 Å². The van der Waals surface area contributed by atoms with Crippen LogP contribution in [0.4, 0.5) is 5.69 Å². The van der Waals surface area contributed by atoms with Crippen molar-refractivity contribution in [1.82, 2.24) is 4.90 Å². The zero-order valence-corrected chi connectivity index (χ0v) is 10.7. The Bertz CT molecular complexity index is 447. The van der Waals surface area contributed by atoms with Crippen molar-refractivity contribution in [2.24, 2.45) is 0 Å². The number of rotatable bonds is 4. The molecule has 1 aliphatic rings. The van der Waals surface area contributed by atoms with Crippen LogP contribution in [0.2, 0.25) is 0 Å². The van der Waals surface area contributed by atoms with Gasteiger partial charge in [-0.15, -0.1) is 0 Å². The number of hydrogen-bond donors (Lipinski definition) is 2. The van der Waals surface area contributed by atoms with Gasteiger partial charge in [-0.1, -0.05) is 24.6 Å². The third kappa shape index (κ3) is 3.79. The summed E-state index contributed by atoms with van der Waals surface area (Å²) in [7, 11) is 0. The molecule has 1 aliphatic heterocycles. The fraction of sp³-hybridized carbons (Fsp3) is 0.429. The minimum absolute atomic E-state index is 0.131. The summed E-state index contributed by atoms with van der Waals surface area (Å²) in [6.45, 7) is 0.797. The molecule has 0 radical (unpaired) electrons. The van der Waals surface area contributed by atoms with Gasteiger partial charge in [0.1, 0.15) is 6.04 Å². The molecule has 0 spiro atoms. The standard InChI is InChI=1S/C14H18N2O3/c17-13(15-11-6-2-1-3-7-11)10-16-9-5-4-8-12(16)14(18)19/h1-3,6-7,12H,4-5,8-10H2,(H,15,17)(H,18,19). The van der Waals surface area contributed by atoms with E-state index in [9.17, 15) is 9.59 Å². The maximum Gasteiger partial charge on any atom is 0.320 e. The van der Waals surface area contributed by atoms with Crippen LogP contribution >= 0.6 is 0 Å². The van der Waals surface area contributed by atoms with E-state index >= 15 is 0 Å². The van der Waals surface area contributed by atoms with E-state index in [2.05, 4.69) is 5.32 Å². The Hall–Kier alpha value is -1.88. The van der Waals surface area contributed by atoms with Gasteiger partial charge in [0.25, 0.3) is 0 Å². The van der Waals surface area contributed by atoms with Crippen molar-refractivity contribution >= 4 is 17.6 Å². The van der Waals surface area contributed by atoms with Crippen LogP contribution in [0.15, 0.2) is 30.3 Å². The fourth-order valence-electron chi connectivity index (χ4n) is 2.37. The molecule has 5 nitrogen and oxygen atoms in total. The van der Waals surface area contributed by atoms with Gasteiger partial charge in [0.15, 0.2) is 0 Å². The van der Waals surface area contributed by atoms with Crippen LogP contribution in [0.25, 0.3) is 0 Å². The van der Waals surface area contributed by atoms with Crippen molar-refractivity contribution in [1.29, 1.82) is 0 Å². The van der Waals surface area contributed by atoms with Crippen molar-refractivity contribution < 1.29 is 14.7 Å². The molecule has 0 saturated carbocycles. The van der Waals surface area contributed by atoms with E-state index in [0.29, 0.717) is 13.0 Å². The summed E-state index contributed by atoms with van der Waals surface area (Å²) >= 11 is 0. The maximum atomic E-state index is 11.9. The first kappa shape index (κ1) is 13.5. The number of nitrogens with one attached hydrogen (secondary N) is 1. The minimum Gasteiger partial charge on any atom is -0.480 e. The van der Waals surface area contributed by atoms with Crippen LogP contribution in [0, 0.1) is 0 Å². The number of aliphatic carboxylic acids is 1. The van der Waals surface area contributed by atoms with E-state index in [1.165, 1.54) is 0 Å². The predicted molar refractivity (Wildman–Crippen MR) is 71.9 cm³/mol. The smallest absolute Gasteiger partial charge is 0.320 e. The summed E-state index contributed by atoms with van der Waals surface area (Å²) in [6, 6.07) is 8.65. The average Bonchev–Trinajstić information content (AvgIpc) is 2.40. The highest BCUT2D eigenvalue weighted by Crippen LogP contribution is 2.17. The molecule has 1 amide bonds. The minimum atomic E-state index is -0.841. The molecule has 1 aromatic carbocycles. The van der Waals surface area contributed by atoms with E-state index in [1.54, 1.807) is 4.90 Å². The van der Waals surface area contributed by atoms with Crippen molar-refractivity contribution in [3.63, 3.8) is 0 Å². The quantitative estimate of drug-likeness (QED) is 0.864. The lowest BCUT2D eigenvalue weighted by molar-refractivity contribution is -0.145. The number of carbonyl (C=O) groups excluding carboxylic acids is 1. The number of benzene rings is 1. The average molecular weight is 262 g/mol. The highest BCUT2D eigenvalue weighted by atomic mass is 16.4. The van der Waals surface area contributed by atoms with Crippen molar-refractivity contribution in [2.45, 2.75) is 25.3 Å². The molecule has 1 aromatic rings. The lowest BCUT2D eigenvalue weighted by Gasteiger charge is -2.32. The lowest BCUT2D eigenvalue weighted by atomic mass is 10.0. The molecule has 5 heteroatoms. The molecule has 1 atom stereocenters. The summed E-state index contributed by atoms with van der Waals surface area (Å²) in [5.74, 6) is -1.01. The molecule has 102 valence electrons. The summed E-state index contributed by atoms with van der Waals surface area (Å²) < 4.78 is 0. The third-order valence-corrected chi connectivity index (χ3v) is 3.30. The van der Waals surface area contributed by atoms with E-state index in [-0.39, 0.29) is 12.5 Å². The van der Waals surface area contributed by atoms with Crippen LogP contribution in [-0.2, 0) is 9.59 Å². The highest BCUT2D eigenvalue weighted by Gasteiger charge is 2.29. The molecule has 2 N–H and O–H groups in total. The Kier molecular flexibility index (Phi) is 4.52. The second-order valence-electron chi connectivity index (χ2n) is 4.73. The SMILES string of the molecule is O=C(CN1CCCCC1C(=O)O)Nc1ccccc1. The molecule has 1 unspecified atom stereocenters. The molecule has 0 bridgehead atoms.